The molecule has 122 valence electrons. The molecule has 1 nitrogen and oxygen atoms in total. The maximum absolute atomic E-state index is 4.25. The van der Waals surface area contributed by atoms with E-state index in [1.807, 2.05) is 6.07 Å². The molecule has 0 aliphatic carbocycles. The summed E-state index contributed by atoms with van der Waals surface area (Å²) in [6, 6.07) is 19.1. The van der Waals surface area contributed by atoms with Crippen LogP contribution in [0.5, 0.6) is 0 Å². The standard InChI is InChI=1S/C22H29N/c1-17(18-11-9-8-10-12-18)19-13-15-20(16-14-19)23(21(2,3)4)22(5,6)7/h8-16H,1H2,2-7H3. The highest BCUT2D eigenvalue weighted by molar-refractivity contribution is 5.78. The first-order valence-electron chi connectivity index (χ1n) is 8.26. The lowest BCUT2D eigenvalue weighted by molar-refractivity contribution is 0.381. The zero-order chi connectivity index (χ0) is 17.3. The average Bonchev–Trinajstić information content (AvgIpc) is 2.45. The molecule has 0 spiro atoms. The minimum Gasteiger partial charge on any atom is -0.362 e. The van der Waals surface area contributed by atoms with Gasteiger partial charge in [0.1, 0.15) is 0 Å². The van der Waals surface area contributed by atoms with Crippen LogP contribution in [0.3, 0.4) is 0 Å². The van der Waals surface area contributed by atoms with Crippen LogP contribution >= 0.6 is 0 Å². The normalized spacial score (nSPS) is 12.1. The first-order valence-corrected chi connectivity index (χ1v) is 8.26. The largest absolute Gasteiger partial charge is 0.362 e. The van der Waals surface area contributed by atoms with E-state index in [1.54, 1.807) is 0 Å². The lowest BCUT2D eigenvalue weighted by Crippen LogP contribution is -2.53. The van der Waals surface area contributed by atoms with Gasteiger partial charge in [-0.3, -0.25) is 0 Å². The third-order valence-electron chi connectivity index (χ3n) is 3.94. The molecule has 0 aromatic heterocycles. The molecule has 0 radical (unpaired) electrons. The van der Waals surface area contributed by atoms with Gasteiger partial charge in [-0.05, 0) is 70.4 Å². The second kappa shape index (κ2) is 6.23. The van der Waals surface area contributed by atoms with Crippen LogP contribution in [0, 0.1) is 0 Å². The summed E-state index contributed by atoms with van der Waals surface area (Å²) in [6.45, 7) is 17.8. The molecule has 23 heavy (non-hydrogen) atoms. The molecule has 0 aliphatic heterocycles. The average molecular weight is 307 g/mol. The minimum absolute atomic E-state index is 0.0657. The van der Waals surface area contributed by atoms with Crippen LogP contribution in [-0.4, -0.2) is 11.1 Å². The molecule has 0 fully saturated rings. The van der Waals surface area contributed by atoms with Crippen molar-refractivity contribution in [3.8, 4) is 0 Å². The van der Waals surface area contributed by atoms with E-state index >= 15 is 0 Å². The van der Waals surface area contributed by atoms with Gasteiger partial charge >= 0.3 is 0 Å². The molecule has 2 aromatic rings. The maximum atomic E-state index is 4.25. The molecular weight excluding hydrogens is 278 g/mol. The van der Waals surface area contributed by atoms with Gasteiger partial charge in [0.05, 0.1) is 0 Å². The number of rotatable bonds is 3. The molecule has 0 aliphatic rings. The van der Waals surface area contributed by atoms with Gasteiger partial charge in [-0.1, -0.05) is 49.0 Å². The third-order valence-corrected chi connectivity index (χ3v) is 3.94. The predicted molar refractivity (Wildman–Crippen MR) is 103 cm³/mol. The molecule has 0 atom stereocenters. The molecule has 1 heteroatoms. The van der Waals surface area contributed by atoms with Gasteiger partial charge in [-0.25, -0.2) is 0 Å². The van der Waals surface area contributed by atoms with Gasteiger partial charge in [-0.15, -0.1) is 0 Å². The molecule has 0 bridgehead atoms. The zero-order valence-corrected chi connectivity index (χ0v) is 15.4. The van der Waals surface area contributed by atoms with Crippen molar-refractivity contribution >= 4 is 11.3 Å². The highest BCUT2D eigenvalue weighted by Gasteiger charge is 2.31. The Hall–Kier alpha value is -2.02. The van der Waals surface area contributed by atoms with E-state index in [0.29, 0.717) is 0 Å². The van der Waals surface area contributed by atoms with Crippen LogP contribution in [0.2, 0.25) is 0 Å². The van der Waals surface area contributed by atoms with Gasteiger partial charge in [0, 0.05) is 16.8 Å². The van der Waals surface area contributed by atoms with Crippen molar-refractivity contribution in [1.29, 1.82) is 0 Å². The SMILES string of the molecule is C=C(c1ccccc1)c1ccc(N(C(C)(C)C)C(C)(C)C)cc1. The number of nitrogens with zero attached hydrogens (tertiary/aromatic N) is 1. The molecular formula is C22H29N. The zero-order valence-electron chi connectivity index (χ0n) is 15.4. The molecule has 0 saturated carbocycles. The van der Waals surface area contributed by atoms with Crippen molar-refractivity contribution < 1.29 is 0 Å². The summed E-state index contributed by atoms with van der Waals surface area (Å²) in [5.74, 6) is 0. The quantitative estimate of drug-likeness (QED) is 0.657. The van der Waals surface area contributed by atoms with E-state index in [-0.39, 0.29) is 11.1 Å². The van der Waals surface area contributed by atoms with Gasteiger partial charge in [0.2, 0.25) is 0 Å². The summed E-state index contributed by atoms with van der Waals surface area (Å²) in [5, 5.41) is 0. The smallest absolute Gasteiger partial charge is 0.0375 e. The van der Waals surface area contributed by atoms with Crippen LogP contribution in [0.25, 0.3) is 5.57 Å². The van der Waals surface area contributed by atoms with Gasteiger partial charge in [-0.2, -0.15) is 0 Å². The van der Waals surface area contributed by atoms with Gasteiger partial charge in [0.25, 0.3) is 0 Å². The Kier molecular flexibility index (Phi) is 4.70. The first-order chi connectivity index (χ1) is 10.6. The summed E-state index contributed by atoms with van der Waals surface area (Å²) >= 11 is 0. The Bertz CT molecular complexity index is 638. The number of anilines is 1. The summed E-state index contributed by atoms with van der Waals surface area (Å²) < 4.78 is 0. The Morgan fingerprint density at radius 2 is 1.13 bits per heavy atom. The molecule has 0 saturated heterocycles. The van der Waals surface area contributed by atoms with Crippen molar-refractivity contribution in [1.82, 2.24) is 0 Å². The van der Waals surface area contributed by atoms with Crippen LogP contribution in [0.15, 0.2) is 61.2 Å². The van der Waals surface area contributed by atoms with Crippen LogP contribution in [0.4, 0.5) is 5.69 Å². The van der Waals surface area contributed by atoms with E-state index in [2.05, 4.69) is 102 Å². The molecule has 0 N–H and O–H groups in total. The predicted octanol–water partition coefficient (Wildman–Crippen LogP) is 6.15. The number of hydrogen-bond acceptors (Lipinski definition) is 1. The van der Waals surface area contributed by atoms with Crippen molar-refractivity contribution in [3.63, 3.8) is 0 Å². The van der Waals surface area contributed by atoms with E-state index < -0.39 is 0 Å². The highest BCUT2D eigenvalue weighted by atomic mass is 15.2. The summed E-state index contributed by atoms with van der Waals surface area (Å²) in [6.07, 6.45) is 0. The highest BCUT2D eigenvalue weighted by Crippen LogP contribution is 2.33. The van der Waals surface area contributed by atoms with E-state index in [4.69, 9.17) is 0 Å². The fourth-order valence-corrected chi connectivity index (χ4v) is 3.40. The maximum Gasteiger partial charge on any atom is 0.0375 e. The van der Waals surface area contributed by atoms with E-state index in [1.165, 1.54) is 16.8 Å². The van der Waals surface area contributed by atoms with Crippen molar-refractivity contribution in [2.24, 2.45) is 0 Å². The van der Waals surface area contributed by atoms with E-state index in [0.717, 1.165) is 5.57 Å². The summed E-state index contributed by atoms with van der Waals surface area (Å²) in [5.41, 5.74) is 4.78. The third kappa shape index (κ3) is 4.04. The molecule has 2 aromatic carbocycles. The second-order valence-electron chi connectivity index (χ2n) is 8.07. The Labute approximate surface area is 141 Å². The van der Waals surface area contributed by atoms with Crippen molar-refractivity contribution in [3.05, 3.63) is 72.3 Å². The summed E-state index contributed by atoms with van der Waals surface area (Å²) in [7, 11) is 0. The second-order valence-corrected chi connectivity index (χ2v) is 8.07. The molecule has 0 amide bonds. The summed E-state index contributed by atoms with van der Waals surface area (Å²) in [4.78, 5) is 2.47. The van der Waals surface area contributed by atoms with Gasteiger partial charge in [0.15, 0.2) is 0 Å². The monoisotopic (exact) mass is 307 g/mol. The van der Waals surface area contributed by atoms with Crippen LogP contribution < -0.4 is 4.90 Å². The lowest BCUT2D eigenvalue weighted by atomic mass is 9.93. The minimum atomic E-state index is 0.0657. The first kappa shape index (κ1) is 17.3. The van der Waals surface area contributed by atoms with E-state index in [9.17, 15) is 0 Å². The number of hydrogen-bond donors (Lipinski definition) is 0. The fourth-order valence-electron chi connectivity index (χ4n) is 3.40. The lowest BCUT2D eigenvalue weighted by Gasteiger charge is -2.47. The molecule has 0 unspecified atom stereocenters. The molecule has 2 rings (SSSR count). The Morgan fingerprint density at radius 3 is 1.57 bits per heavy atom. The Balaban J connectivity index is 2.34. The Morgan fingerprint density at radius 1 is 0.696 bits per heavy atom. The van der Waals surface area contributed by atoms with Crippen molar-refractivity contribution in [2.75, 3.05) is 4.90 Å². The van der Waals surface area contributed by atoms with Crippen molar-refractivity contribution in [2.45, 2.75) is 52.6 Å². The van der Waals surface area contributed by atoms with Crippen LogP contribution in [0.1, 0.15) is 52.7 Å². The van der Waals surface area contributed by atoms with Crippen LogP contribution in [-0.2, 0) is 0 Å². The van der Waals surface area contributed by atoms with Gasteiger partial charge < -0.3 is 4.90 Å². The molecule has 0 heterocycles. The fraction of sp³-hybridized carbons (Fsp3) is 0.364. The number of benzene rings is 2. The topological polar surface area (TPSA) is 3.24 Å².